The quantitative estimate of drug-likeness (QED) is 0.403. The van der Waals surface area contributed by atoms with Crippen LogP contribution < -0.4 is 0 Å². The van der Waals surface area contributed by atoms with Gasteiger partial charge in [-0.25, -0.2) is 4.79 Å². The molecule has 162 valence electrons. The van der Waals surface area contributed by atoms with Gasteiger partial charge >= 0.3 is 12.1 Å². The zero-order valence-electron chi connectivity index (χ0n) is 18.2. The van der Waals surface area contributed by atoms with Crippen LogP contribution in [-0.2, 0) is 25.3 Å². The number of carbonyl (C=O) groups excluding carboxylic acids is 2. The van der Waals surface area contributed by atoms with Gasteiger partial charge in [0.05, 0.1) is 25.2 Å². The molecule has 0 spiro atoms. The molecule has 0 aromatic heterocycles. The number of nitrogens with zero attached hydrogens (tertiary/aromatic N) is 1. The van der Waals surface area contributed by atoms with Gasteiger partial charge in [-0.05, 0) is 38.0 Å². The van der Waals surface area contributed by atoms with Gasteiger partial charge in [0.2, 0.25) is 0 Å². The minimum absolute atomic E-state index is 0.136. The van der Waals surface area contributed by atoms with Crippen LogP contribution in [0.3, 0.4) is 0 Å². The van der Waals surface area contributed by atoms with E-state index in [1.165, 1.54) is 0 Å². The van der Waals surface area contributed by atoms with Crippen molar-refractivity contribution in [3.8, 4) is 0 Å². The number of hydrogen-bond donors (Lipinski definition) is 0. The number of unbranched alkanes of at least 4 members (excludes halogenated alkanes) is 1. The van der Waals surface area contributed by atoms with Crippen LogP contribution in [0.15, 0.2) is 30.3 Å². The molecule has 1 fully saturated rings. The van der Waals surface area contributed by atoms with Crippen LogP contribution in [0, 0.1) is 0 Å². The van der Waals surface area contributed by atoms with Crippen molar-refractivity contribution >= 4 is 20.4 Å². The Balaban J connectivity index is 2.04. The number of carbonyl (C=O) groups is 2. The van der Waals surface area contributed by atoms with Crippen LogP contribution in [0.4, 0.5) is 4.79 Å². The average molecular weight is 422 g/mol. The van der Waals surface area contributed by atoms with Crippen LogP contribution in [0.5, 0.6) is 0 Å². The maximum Gasteiger partial charge on any atom is 0.410 e. The second-order valence-corrected chi connectivity index (χ2v) is 12.4. The van der Waals surface area contributed by atoms with E-state index in [-0.39, 0.29) is 31.1 Å². The van der Waals surface area contributed by atoms with E-state index < -0.39 is 14.4 Å². The van der Waals surface area contributed by atoms with E-state index in [4.69, 9.17) is 13.9 Å². The fourth-order valence-electron chi connectivity index (χ4n) is 3.70. The number of ether oxygens (including phenoxy) is 2. The first kappa shape index (κ1) is 23.4. The summed E-state index contributed by atoms with van der Waals surface area (Å²) in [6.07, 6.45) is 2.57. The predicted octanol–water partition coefficient (Wildman–Crippen LogP) is 4.74. The lowest BCUT2D eigenvalue weighted by atomic mass is 10.1. The fourth-order valence-corrected chi connectivity index (χ4v) is 6.11. The van der Waals surface area contributed by atoms with Gasteiger partial charge in [-0.3, -0.25) is 4.79 Å². The number of esters is 1. The SMILES string of the molecule is CCCC[Si](C)(C)O[C@H]1CCN(C(=O)OCc2ccccc2)[C@@H]1CC(=O)OCC. The summed E-state index contributed by atoms with van der Waals surface area (Å²) >= 11 is 0. The van der Waals surface area contributed by atoms with Crippen LogP contribution in [-0.4, -0.2) is 50.6 Å². The van der Waals surface area contributed by atoms with Gasteiger partial charge in [-0.15, -0.1) is 0 Å². The van der Waals surface area contributed by atoms with Crippen molar-refractivity contribution in [2.45, 2.75) is 77.4 Å². The molecule has 1 saturated heterocycles. The molecule has 6 nitrogen and oxygen atoms in total. The van der Waals surface area contributed by atoms with E-state index in [0.717, 1.165) is 24.4 Å². The number of likely N-dealkylation sites (tertiary alicyclic amines) is 1. The van der Waals surface area contributed by atoms with Crippen molar-refractivity contribution in [2.75, 3.05) is 13.2 Å². The molecule has 1 aromatic rings. The number of benzene rings is 1. The topological polar surface area (TPSA) is 65.1 Å². The van der Waals surface area contributed by atoms with Gasteiger partial charge < -0.3 is 18.8 Å². The molecule has 7 heteroatoms. The van der Waals surface area contributed by atoms with E-state index in [9.17, 15) is 9.59 Å². The van der Waals surface area contributed by atoms with Crippen molar-refractivity contribution in [3.05, 3.63) is 35.9 Å². The third kappa shape index (κ3) is 7.47. The highest BCUT2D eigenvalue weighted by atomic mass is 28.4. The molecular formula is C22H35NO5Si. The summed E-state index contributed by atoms with van der Waals surface area (Å²) < 4.78 is 17.2. The molecule has 1 aliphatic heterocycles. The molecule has 1 amide bonds. The lowest BCUT2D eigenvalue weighted by Gasteiger charge is -2.32. The highest BCUT2D eigenvalue weighted by Crippen LogP contribution is 2.29. The minimum Gasteiger partial charge on any atom is -0.466 e. The largest absolute Gasteiger partial charge is 0.466 e. The Hall–Kier alpha value is -1.86. The third-order valence-electron chi connectivity index (χ3n) is 5.21. The molecule has 0 N–H and O–H groups in total. The summed E-state index contributed by atoms with van der Waals surface area (Å²) in [5, 5.41) is 0. The standard InChI is InChI=1S/C22H35NO5Si/c1-5-7-15-29(3,4)28-20-13-14-23(19(20)16-21(24)26-6-2)22(25)27-17-18-11-9-8-10-12-18/h8-12,19-20H,5-7,13-17H2,1-4H3/t19-,20+/m1/s1. The Labute approximate surface area is 175 Å². The molecule has 0 unspecified atom stereocenters. The van der Waals surface area contributed by atoms with Gasteiger partial charge in [0.25, 0.3) is 0 Å². The van der Waals surface area contributed by atoms with E-state index in [0.29, 0.717) is 19.6 Å². The average Bonchev–Trinajstić information content (AvgIpc) is 3.07. The molecule has 0 bridgehead atoms. The molecule has 0 radical (unpaired) electrons. The summed E-state index contributed by atoms with van der Waals surface area (Å²) in [6.45, 7) is 9.44. The Morgan fingerprint density at radius 2 is 1.86 bits per heavy atom. The highest BCUT2D eigenvalue weighted by Gasteiger charge is 2.42. The molecule has 1 aliphatic rings. The monoisotopic (exact) mass is 421 g/mol. The zero-order valence-corrected chi connectivity index (χ0v) is 19.2. The summed E-state index contributed by atoms with van der Waals surface area (Å²) in [5.74, 6) is -0.304. The van der Waals surface area contributed by atoms with Gasteiger partial charge in [-0.1, -0.05) is 50.1 Å². The maximum atomic E-state index is 12.8. The van der Waals surface area contributed by atoms with Crippen molar-refractivity contribution in [2.24, 2.45) is 0 Å². The molecule has 0 saturated carbocycles. The van der Waals surface area contributed by atoms with Crippen molar-refractivity contribution in [1.82, 2.24) is 4.90 Å². The zero-order chi connectivity index (χ0) is 21.3. The van der Waals surface area contributed by atoms with Gasteiger partial charge in [-0.2, -0.15) is 0 Å². The van der Waals surface area contributed by atoms with Crippen LogP contribution in [0.2, 0.25) is 19.1 Å². The summed E-state index contributed by atoms with van der Waals surface area (Å²) in [5.41, 5.74) is 0.933. The van der Waals surface area contributed by atoms with Gasteiger partial charge in [0.15, 0.2) is 8.32 Å². The van der Waals surface area contributed by atoms with Crippen molar-refractivity contribution in [1.29, 1.82) is 0 Å². The molecule has 0 aliphatic carbocycles. The lowest BCUT2D eigenvalue weighted by molar-refractivity contribution is -0.144. The number of hydrogen-bond acceptors (Lipinski definition) is 5. The molecule has 29 heavy (non-hydrogen) atoms. The highest BCUT2D eigenvalue weighted by molar-refractivity contribution is 6.71. The molecule has 1 heterocycles. The third-order valence-corrected chi connectivity index (χ3v) is 7.71. The van der Waals surface area contributed by atoms with E-state index in [2.05, 4.69) is 20.0 Å². The molecule has 1 aromatic carbocycles. The second kappa shape index (κ2) is 11.4. The summed E-state index contributed by atoms with van der Waals surface area (Å²) in [7, 11) is -1.87. The number of amides is 1. The Morgan fingerprint density at radius 3 is 2.52 bits per heavy atom. The summed E-state index contributed by atoms with van der Waals surface area (Å²) in [4.78, 5) is 26.6. The normalized spacial score (nSPS) is 19.2. The molecule has 2 rings (SSSR count). The molecular weight excluding hydrogens is 386 g/mol. The fraction of sp³-hybridized carbons (Fsp3) is 0.636. The minimum atomic E-state index is -1.87. The van der Waals surface area contributed by atoms with Crippen molar-refractivity contribution < 1.29 is 23.5 Å². The van der Waals surface area contributed by atoms with E-state index >= 15 is 0 Å². The van der Waals surface area contributed by atoms with Gasteiger partial charge in [0, 0.05) is 6.54 Å². The van der Waals surface area contributed by atoms with Crippen LogP contribution >= 0.6 is 0 Å². The molecule has 2 atom stereocenters. The first-order chi connectivity index (χ1) is 13.9. The first-order valence-corrected chi connectivity index (χ1v) is 13.8. The second-order valence-electron chi connectivity index (χ2n) is 8.12. The Morgan fingerprint density at radius 1 is 1.14 bits per heavy atom. The number of rotatable bonds is 10. The smallest absolute Gasteiger partial charge is 0.410 e. The maximum absolute atomic E-state index is 12.8. The lowest BCUT2D eigenvalue weighted by Crippen LogP contribution is -2.46. The Kier molecular flexibility index (Phi) is 9.17. The van der Waals surface area contributed by atoms with Gasteiger partial charge in [0.1, 0.15) is 6.61 Å². The van der Waals surface area contributed by atoms with Crippen LogP contribution in [0.1, 0.15) is 45.1 Å². The van der Waals surface area contributed by atoms with Crippen molar-refractivity contribution in [3.63, 3.8) is 0 Å². The Bertz CT molecular complexity index is 652. The van der Waals surface area contributed by atoms with Crippen LogP contribution in [0.25, 0.3) is 0 Å². The first-order valence-electron chi connectivity index (χ1n) is 10.7. The van der Waals surface area contributed by atoms with E-state index in [1.807, 2.05) is 30.3 Å². The van der Waals surface area contributed by atoms with E-state index in [1.54, 1.807) is 11.8 Å². The summed E-state index contributed by atoms with van der Waals surface area (Å²) in [6, 6.07) is 10.3. The predicted molar refractivity (Wildman–Crippen MR) is 115 cm³/mol.